The van der Waals surface area contributed by atoms with Crippen LogP contribution < -0.4 is 11.1 Å². The van der Waals surface area contributed by atoms with Gasteiger partial charge in [0.05, 0.1) is 22.3 Å². The van der Waals surface area contributed by atoms with Gasteiger partial charge in [-0.05, 0) is 18.2 Å². The lowest BCUT2D eigenvalue weighted by Gasteiger charge is -2.13. The van der Waals surface area contributed by atoms with E-state index in [1.165, 1.54) is 0 Å². The van der Waals surface area contributed by atoms with Gasteiger partial charge in [0, 0.05) is 6.42 Å². The molecule has 0 aliphatic heterocycles. The van der Waals surface area contributed by atoms with Crippen molar-refractivity contribution in [2.45, 2.75) is 18.6 Å². The maximum atomic E-state index is 12.5. The van der Waals surface area contributed by atoms with Crippen LogP contribution in [0.2, 0.25) is 5.02 Å². The molecule has 0 heterocycles. The molecule has 1 amide bonds. The molecule has 3 N–H and O–H groups in total. The molecule has 0 aromatic heterocycles. The summed E-state index contributed by atoms with van der Waals surface area (Å²) in [5.74, 6) is 1.49. The van der Waals surface area contributed by atoms with Crippen LogP contribution in [0, 0.1) is 12.3 Å². The van der Waals surface area contributed by atoms with Crippen LogP contribution in [0.4, 0.5) is 18.9 Å². The minimum Gasteiger partial charge on any atom is -0.323 e. The van der Waals surface area contributed by atoms with E-state index in [0.717, 1.165) is 18.2 Å². The lowest BCUT2D eigenvalue weighted by molar-refractivity contribution is -0.137. The lowest BCUT2D eigenvalue weighted by atomic mass is 10.1. The van der Waals surface area contributed by atoms with Crippen LogP contribution in [0.5, 0.6) is 0 Å². The number of hydrogen-bond donors (Lipinski definition) is 2. The molecule has 1 aromatic carbocycles. The average molecular weight is 291 g/mol. The molecular formula is C12H10ClF3N2O. The van der Waals surface area contributed by atoms with Gasteiger partial charge in [-0.3, -0.25) is 4.79 Å². The first-order valence-electron chi connectivity index (χ1n) is 5.12. The van der Waals surface area contributed by atoms with Gasteiger partial charge in [-0.15, -0.1) is 12.3 Å². The van der Waals surface area contributed by atoms with E-state index in [1.54, 1.807) is 0 Å². The van der Waals surface area contributed by atoms with E-state index in [-0.39, 0.29) is 17.1 Å². The molecule has 0 spiro atoms. The maximum Gasteiger partial charge on any atom is 0.416 e. The number of nitrogens with two attached hydrogens (primary N) is 1. The SMILES string of the molecule is C#CCC(N)C(=O)Nc1cc(C(F)(F)F)ccc1Cl. The highest BCUT2D eigenvalue weighted by Gasteiger charge is 2.31. The number of carbonyl (C=O) groups is 1. The molecule has 1 unspecified atom stereocenters. The van der Waals surface area contributed by atoms with Gasteiger partial charge in [0.1, 0.15) is 0 Å². The molecule has 1 aromatic rings. The van der Waals surface area contributed by atoms with Gasteiger partial charge in [0.2, 0.25) is 5.91 Å². The molecule has 0 saturated heterocycles. The second-order valence-corrected chi connectivity index (χ2v) is 4.10. The van der Waals surface area contributed by atoms with Crippen LogP contribution in [0.25, 0.3) is 0 Å². The van der Waals surface area contributed by atoms with Crippen LogP contribution in [0.3, 0.4) is 0 Å². The highest BCUT2D eigenvalue weighted by atomic mass is 35.5. The number of alkyl halides is 3. The zero-order chi connectivity index (χ0) is 14.6. The van der Waals surface area contributed by atoms with E-state index in [4.69, 9.17) is 23.8 Å². The summed E-state index contributed by atoms with van der Waals surface area (Å²) in [4.78, 5) is 11.5. The van der Waals surface area contributed by atoms with E-state index in [0.29, 0.717) is 0 Å². The third kappa shape index (κ3) is 4.16. The number of hydrogen-bond acceptors (Lipinski definition) is 2. The molecule has 0 radical (unpaired) electrons. The van der Waals surface area contributed by atoms with Crippen molar-refractivity contribution in [1.29, 1.82) is 0 Å². The van der Waals surface area contributed by atoms with Crippen LogP contribution in [-0.2, 0) is 11.0 Å². The monoisotopic (exact) mass is 290 g/mol. The van der Waals surface area contributed by atoms with Crippen LogP contribution in [-0.4, -0.2) is 11.9 Å². The zero-order valence-electron chi connectivity index (χ0n) is 9.59. The first-order valence-corrected chi connectivity index (χ1v) is 5.50. The maximum absolute atomic E-state index is 12.5. The predicted octanol–water partition coefficient (Wildman–Crippen LogP) is 2.65. The molecule has 7 heteroatoms. The van der Waals surface area contributed by atoms with E-state index in [9.17, 15) is 18.0 Å². The fourth-order valence-corrected chi connectivity index (χ4v) is 1.41. The number of anilines is 1. The van der Waals surface area contributed by atoms with Crippen molar-refractivity contribution < 1.29 is 18.0 Å². The summed E-state index contributed by atoms with van der Waals surface area (Å²) < 4.78 is 37.5. The van der Waals surface area contributed by atoms with Crippen molar-refractivity contribution in [2.75, 3.05) is 5.32 Å². The number of halogens is 4. The van der Waals surface area contributed by atoms with Crippen LogP contribution in [0.1, 0.15) is 12.0 Å². The minimum absolute atomic E-state index is 0.0192. The van der Waals surface area contributed by atoms with Crippen molar-refractivity contribution in [3.63, 3.8) is 0 Å². The van der Waals surface area contributed by atoms with Crippen molar-refractivity contribution in [2.24, 2.45) is 5.73 Å². The van der Waals surface area contributed by atoms with Crippen molar-refractivity contribution in [1.82, 2.24) is 0 Å². The summed E-state index contributed by atoms with van der Waals surface area (Å²) >= 11 is 5.71. The fraction of sp³-hybridized carbons (Fsp3) is 0.250. The van der Waals surface area contributed by atoms with E-state index in [2.05, 4.69) is 11.2 Å². The number of amides is 1. The standard InChI is InChI=1S/C12H10ClF3N2O/c1-2-3-9(17)11(19)18-10-6-7(12(14,15)16)4-5-8(10)13/h1,4-6,9H,3,17H2,(H,18,19). The second-order valence-electron chi connectivity index (χ2n) is 3.70. The molecule has 19 heavy (non-hydrogen) atoms. The topological polar surface area (TPSA) is 55.1 Å². The normalized spacial score (nSPS) is 12.6. The Bertz CT molecular complexity index is 523. The molecule has 0 aliphatic rings. The minimum atomic E-state index is -4.52. The molecule has 0 fully saturated rings. The zero-order valence-corrected chi connectivity index (χ0v) is 10.3. The van der Waals surface area contributed by atoms with Gasteiger partial charge in [-0.25, -0.2) is 0 Å². The Balaban J connectivity index is 2.95. The van der Waals surface area contributed by atoms with Gasteiger partial charge >= 0.3 is 6.18 Å². The van der Waals surface area contributed by atoms with Gasteiger partial charge in [0.15, 0.2) is 0 Å². The Kier molecular flexibility index (Phi) is 4.81. The molecule has 1 rings (SSSR count). The first kappa shape index (κ1) is 15.3. The summed E-state index contributed by atoms with van der Waals surface area (Å²) in [5.41, 5.74) is 4.35. The third-order valence-corrected chi connectivity index (χ3v) is 2.56. The first-order chi connectivity index (χ1) is 8.75. The molecule has 102 valence electrons. The number of nitrogens with one attached hydrogen (secondary N) is 1. The molecule has 1 atom stereocenters. The van der Waals surface area contributed by atoms with Crippen LogP contribution >= 0.6 is 11.6 Å². The quantitative estimate of drug-likeness (QED) is 0.841. The lowest BCUT2D eigenvalue weighted by Crippen LogP contribution is -2.35. The molecule has 0 aliphatic carbocycles. The van der Waals surface area contributed by atoms with Gasteiger partial charge < -0.3 is 11.1 Å². The average Bonchev–Trinajstić information content (AvgIpc) is 2.30. The Morgan fingerprint density at radius 2 is 2.16 bits per heavy atom. The number of terminal acetylenes is 1. The van der Waals surface area contributed by atoms with E-state index < -0.39 is 23.7 Å². The van der Waals surface area contributed by atoms with Crippen molar-refractivity contribution in [3.8, 4) is 12.3 Å². The number of rotatable bonds is 3. The molecular weight excluding hydrogens is 281 g/mol. The van der Waals surface area contributed by atoms with Gasteiger partial charge in [-0.1, -0.05) is 11.6 Å². The fourth-order valence-electron chi connectivity index (χ4n) is 1.24. The summed E-state index contributed by atoms with van der Waals surface area (Å²) in [5, 5.41) is 2.20. The number of carbonyl (C=O) groups excluding carboxylic acids is 1. The summed E-state index contributed by atoms with van der Waals surface area (Å²) in [6.07, 6.45) is 0.439. The summed E-state index contributed by atoms with van der Waals surface area (Å²) in [6, 6.07) is 1.60. The van der Waals surface area contributed by atoms with Gasteiger partial charge in [-0.2, -0.15) is 13.2 Å². The predicted molar refractivity (Wildman–Crippen MR) is 66.5 cm³/mol. The smallest absolute Gasteiger partial charge is 0.323 e. The van der Waals surface area contributed by atoms with Crippen molar-refractivity contribution in [3.05, 3.63) is 28.8 Å². The van der Waals surface area contributed by atoms with E-state index >= 15 is 0 Å². The Labute approximate surface area is 112 Å². The van der Waals surface area contributed by atoms with E-state index in [1.807, 2.05) is 0 Å². The Hall–Kier alpha value is -1.71. The second kappa shape index (κ2) is 5.95. The summed E-state index contributed by atoms with van der Waals surface area (Å²) in [6.45, 7) is 0. The Morgan fingerprint density at radius 3 is 2.68 bits per heavy atom. The van der Waals surface area contributed by atoms with Crippen molar-refractivity contribution >= 4 is 23.2 Å². The molecule has 0 saturated carbocycles. The van der Waals surface area contributed by atoms with Crippen LogP contribution in [0.15, 0.2) is 18.2 Å². The highest BCUT2D eigenvalue weighted by Crippen LogP contribution is 2.33. The molecule has 3 nitrogen and oxygen atoms in total. The molecule has 0 bridgehead atoms. The third-order valence-electron chi connectivity index (χ3n) is 2.23. The summed E-state index contributed by atoms with van der Waals surface area (Å²) in [7, 11) is 0. The Morgan fingerprint density at radius 1 is 1.53 bits per heavy atom. The highest BCUT2D eigenvalue weighted by molar-refractivity contribution is 6.33. The number of benzene rings is 1. The largest absolute Gasteiger partial charge is 0.416 e. The van der Waals surface area contributed by atoms with Gasteiger partial charge in [0.25, 0.3) is 0 Å².